The molecule has 0 spiro atoms. The van der Waals surface area contributed by atoms with E-state index in [2.05, 4.69) is 15.2 Å². The van der Waals surface area contributed by atoms with Crippen LogP contribution in [0.2, 0.25) is 0 Å². The van der Waals surface area contributed by atoms with Gasteiger partial charge in [-0.3, -0.25) is 9.78 Å². The molecule has 4 rings (SSSR count). The standard InChI is InChI=1S/C18H12F3N5O/c19-18(20,21)11-26-15(27)7-6-13(23-26)16-14-10-22-8-9-25(14)24-17(16)12-4-2-1-3-5-12/h1-10H,11H2. The van der Waals surface area contributed by atoms with Crippen LogP contribution in [0.3, 0.4) is 0 Å². The number of benzene rings is 1. The molecule has 0 unspecified atom stereocenters. The molecule has 9 heteroatoms. The van der Waals surface area contributed by atoms with Crippen LogP contribution >= 0.6 is 0 Å². The van der Waals surface area contributed by atoms with Gasteiger partial charge in [0.05, 0.1) is 23.0 Å². The van der Waals surface area contributed by atoms with E-state index in [9.17, 15) is 18.0 Å². The lowest BCUT2D eigenvalue weighted by Crippen LogP contribution is -2.29. The minimum Gasteiger partial charge on any atom is -0.268 e. The van der Waals surface area contributed by atoms with Crippen LogP contribution in [-0.2, 0) is 6.54 Å². The van der Waals surface area contributed by atoms with E-state index in [-0.39, 0.29) is 5.69 Å². The van der Waals surface area contributed by atoms with E-state index in [4.69, 9.17) is 0 Å². The SMILES string of the molecule is O=c1ccc(-c2c(-c3ccccc3)nn3ccncc23)nn1CC(F)(F)F. The van der Waals surface area contributed by atoms with Crippen molar-refractivity contribution in [3.8, 4) is 22.5 Å². The van der Waals surface area contributed by atoms with Crippen LogP contribution in [0.5, 0.6) is 0 Å². The topological polar surface area (TPSA) is 65.1 Å². The minimum atomic E-state index is -4.56. The van der Waals surface area contributed by atoms with Crippen molar-refractivity contribution in [1.82, 2.24) is 24.4 Å². The maximum atomic E-state index is 12.8. The summed E-state index contributed by atoms with van der Waals surface area (Å²) in [7, 11) is 0. The molecule has 27 heavy (non-hydrogen) atoms. The Morgan fingerprint density at radius 2 is 1.78 bits per heavy atom. The Hall–Kier alpha value is -3.49. The van der Waals surface area contributed by atoms with Gasteiger partial charge in [-0.1, -0.05) is 30.3 Å². The molecular formula is C18H12F3N5O. The van der Waals surface area contributed by atoms with Gasteiger partial charge in [-0.05, 0) is 6.07 Å². The Morgan fingerprint density at radius 1 is 1.00 bits per heavy atom. The van der Waals surface area contributed by atoms with E-state index >= 15 is 0 Å². The van der Waals surface area contributed by atoms with Gasteiger partial charge in [0, 0.05) is 24.0 Å². The fourth-order valence-corrected chi connectivity index (χ4v) is 2.82. The molecule has 0 N–H and O–H groups in total. The molecule has 6 nitrogen and oxygen atoms in total. The number of rotatable bonds is 3. The van der Waals surface area contributed by atoms with Gasteiger partial charge in [-0.2, -0.15) is 23.4 Å². The molecule has 0 aliphatic heterocycles. The third kappa shape index (κ3) is 3.31. The summed E-state index contributed by atoms with van der Waals surface area (Å²) in [4.78, 5) is 15.9. The minimum absolute atomic E-state index is 0.209. The first-order chi connectivity index (χ1) is 12.9. The van der Waals surface area contributed by atoms with Crippen molar-refractivity contribution in [3.63, 3.8) is 0 Å². The first kappa shape index (κ1) is 17.0. The summed E-state index contributed by atoms with van der Waals surface area (Å²) in [5.74, 6) is 0. The van der Waals surface area contributed by atoms with Crippen molar-refractivity contribution in [2.45, 2.75) is 12.7 Å². The molecule has 1 aromatic carbocycles. The van der Waals surface area contributed by atoms with Crippen LogP contribution in [0.15, 0.2) is 65.8 Å². The normalized spacial score (nSPS) is 11.8. The summed E-state index contributed by atoms with van der Waals surface area (Å²) >= 11 is 0. The van der Waals surface area contributed by atoms with Gasteiger partial charge in [0.2, 0.25) is 0 Å². The van der Waals surface area contributed by atoms with Crippen molar-refractivity contribution < 1.29 is 13.2 Å². The number of hydrogen-bond donors (Lipinski definition) is 0. The van der Waals surface area contributed by atoms with E-state index in [1.54, 1.807) is 23.1 Å². The molecule has 0 fully saturated rings. The van der Waals surface area contributed by atoms with Crippen molar-refractivity contribution in [2.75, 3.05) is 0 Å². The van der Waals surface area contributed by atoms with E-state index in [0.29, 0.717) is 21.5 Å². The third-order valence-corrected chi connectivity index (χ3v) is 3.94. The Labute approximate surface area is 150 Å². The maximum Gasteiger partial charge on any atom is 0.408 e. The average Bonchev–Trinajstić information content (AvgIpc) is 3.03. The van der Waals surface area contributed by atoms with Gasteiger partial charge < -0.3 is 0 Å². The van der Waals surface area contributed by atoms with E-state index < -0.39 is 18.3 Å². The van der Waals surface area contributed by atoms with Gasteiger partial charge in [0.25, 0.3) is 5.56 Å². The fraction of sp³-hybridized carbons (Fsp3) is 0.111. The lowest BCUT2D eigenvalue weighted by atomic mass is 10.0. The second kappa shape index (κ2) is 6.35. The molecule has 3 heterocycles. The van der Waals surface area contributed by atoms with Gasteiger partial charge in [0.1, 0.15) is 12.2 Å². The summed E-state index contributed by atoms with van der Waals surface area (Å²) in [6.07, 6.45) is 0.184. The molecule has 0 amide bonds. The lowest BCUT2D eigenvalue weighted by Gasteiger charge is -2.10. The molecule has 0 aliphatic rings. The van der Waals surface area contributed by atoms with Crippen LogP contribution in [0.1, 0.15) is 0 Å². The second-order valence-electron chi connectivity index (χ2n) is 5.83. The Bertz CT molecular complexity index is 1170. The molecule has 0 atom stereocenters. The highest BCUT2D eigenvalue weighted by Gasteiger charge is 2.29. The van der Waals surface area contributed by atoms with E-state index in [1.807, 2.05) is 30.3 Å². The third-order valence-electron chi connectivity index (χ3n) is 3.94. The fourth-order valence-electron chi connectivity index (χ4n) is 2.82. The summed E-state index contributed by atoms with van der Waals surface area (Å²) in [6.45, 7) is -1.46. The number of hydrogen-bond acceptors (Lipinski definition) is 4. The highest BCUT2D eigenvalue weighted by molar-refractivity contribution is 5.90. The Kier molecular flexibility index (Phi) is 3.98. The average molecular weight is 371 g/mol. The first-order valence-electron chi connectivity index (χ1n) is 7.95. The van der Waals surface area contributed by atoms with E-state index in [1.165, 1.54) is 6.07 Å². The number of aromatic nitrogens is 5. The highest BCUT2D eigenvalue weighted by atomic mass is 19.4. The van der Waals surface area contributed by atoms with Gasteiger partial charge in [0.15, 0.2) is 0 Å². The lowest BCUT2D eigenvalue weighted by molar-refractivity contribution is -0.143. The predicted octanol–water partition coefficient (Wildman–Crippen LogP) is 3.18. The van der Waals surface area contributed by atoms with Crippen LogP contribution in [0.4, 0.5) is 13.2 Å². The highest BCUT2D eigenvalue weighted by Crippen LogP contribution is 2.33. The quantitative estimate of drug-likeness (QED) is 0.555. The van der Waals surface area contributed by atoms with Crippen LogP contribution in [-0.4, -0.2) is 30.6 Å². The number of nitrogens with zero attached hydrogens (tertiary/aromatic N) is 5. The summed E-state index contributed by atoms with van der Waals surface area (Å²) in [5, 5.41) is 8.45. The molecule has 0 saturated carbocycles. The van der Waals surface area contributed by atoms with Crippen molar-refractivity contribution in [2.24, 2.45) is 0 Å². The van der Waals surface area contributed by atoms with E-state index in [0.717, 1.165) is 11.6 Å². The maximum absolute atomic E-state index is 12.8. The van der Waals surface area contributed by atoms with Gasteiger partial charge in [-0.15, -0.1) is 0 Å². The molecular weight excluding hydrogens is 359 g/mol. The molecule has 3 aromatic heterocycles. The predicted molar refractivity (Wildman–Crippen MR) is 92.0 cm³/mol. The van der Waals surface area contributed by atoms with Crippen molar-refractivity contribution in [1.29, 1.82) is 0 Å². The van der Waals surface area contributed by atoms with Gasteiger partial charge in [-0.25, -0.2) is 9.20 Å². The molecule has 0 aliphatic carbocycles. The van der Waals surface area contributed by atoms with Gasteiger partial charge >= 0.3 is 6.18 Å². The molecule has 136 valence electrons. The zero-order chi connectivity index (χ0) is 19.0. The number of fused-ring (bicyclic) bond motifs is 1. The second-order valence-corrected chi connectivity index (χ2v) is 5.83. The number of alkyl halides is 3. The molecule has 0 bridgehead atoms. The Balaban J connectivity index is 1.96. The smallest absolute Gasteiger partial charge is 0.268 e. The largest absolute Gasteiger partial charge is 0.408 e. The van der Waals surface area contributed by atoms with Crippen molar-refractivity contribution >= 4 is 5.52 Å². The van der Waals surface area contributed by atoms with Crippen LogP contribution < -0.4 is 5.56 Å². The molecule has 0 radical (unpaired) electrons. The summed E-state index contributed by atoms with van der Waals surface area (Å²) in [6, 6.07) is 11.7. The zero-order valence-corrected chi connectivity index (χ0v) is 13.8. The van der Waals surface area contributed by atoms with Crippen LogP contribution in [0, 0.1) is 0 Å². The van der Waals surface area contributed by atoms with Crippen LogP contribution in [0.25, 0.3) is 28.0 Å². The summed E-state index contributed by atoms with van der Waals surface area (Å²) < 4.78 is 40.3. The molecule has 0 saturated heterocycles. The Morgan fingerprint density at radius 3 is 2.52 bits per heavy atom. The summed E-state index contributed by atoms with van der Waals surface area (Å²) in [5.41, 5.74) is 1.76. The number of halogens is 3. The molecule has 4 aromatic rings. The van der Waals surface area contributed by atoms with Crippen molar-refractivity contribution in [3.05, 3.63) is 71.4 Å². The first-order valence-corrected chi connectivity index (χ1v) is 7.95. The zero-order valence-electron chi connectivity index (χ0n) is 13.8. The monoisotopic (exact) mass is 371 g/mol.